The van der Waals surface area contributed by atoms with Crippen molar-refractivity contribution in [3.8, 4) is 6.07 Å². The zero-order chi connectivity index (χ0) is 15.3. The van der Waals surface area contributed by atoms with Crippen LogP contribution in [0, 0.1) is 17.3 Å². The molecule has 1 aromatic carbocycles. The number of aromatic nitrogens is 3. The molecule has 108 valence electrons. The van der Waals surface area contributed by atoms with E-state index in [-0.39, 0.29) is 11.1 Å². The Labute approximate surface area is 130 Å². The van der Waals surface area contributed by atoms with E-state index in [4.69, 9.17) is 16.9 Å². The molecular formula is C16H10ClFN4. The summed E-state index contributed by atoms with van der Waals surface area (Å²) in [6.07, 6.45) is 2.11. The lowest BCUT2D eigenvalue weighted by Crippen LogP contribution is -1.99. The Morgan fingerprint density at radius 3 is 2.77 bits per heavy atom. The Morgan fingerprint density at radius 2 is 2.05 bits per heavy atom. The Kier molecular flexibility index (Phi) is 2.88. The number of hydrogen-bond acceptors (Lipinski definition) is 3. The maximum Gasteiger partial charge on any atom is 0.234 e. The Balaban J connectivity index is 1.71. The minimum Gasteiger partial charge on any atom is -0.232 e. The quantitative estimate of drug-likeness (QED) is 0.725. The van der Waals surface area contributed by atoms with Crippen molar-refractivity contribution in [2.75, 3.05) is 0 Å². The topological polar surface area (TPSA) is 54.0 Å². The largest absolute Gasteiger partial charge is 0.234 e. The summed E-state index contributed by atoms with van der Waals surface area (Å²) in [6, 6.07) is 11.4. The molecule has 0 saturated heterocycles. The molecule has 4 rings (SSSR count). The summed E-state index contributed by atoms with van der Waals surface area (Å²) in [6.45, 7) is 0. The Bertz CT molecular complexity index is 910. The van der Waals surface area contributed by atoms with Crippen LogP contribution in [-0.4, -0.2) is 14.6 Å². The van der Waals surface area contributed by atoms with Crippen molar-refractivity contribution in [3.05, 3.63) is 64.3 Å². The molecule has 22 heavy (non-hydrogen) atoms. The highest BCUT2D eigenvalue weighted by Gasteiger charge is 2.41. The number of nitriles is 1. The summed E-state index contributed by atoms with van der Waals surface area (Å²) in [5.41, 5.74) is 3.24. The van der Waals surface area contributed by atoms with Gasteiger partial charge in [0.1, 0.15) is 0 Å². The third-order valence-corrected chi connectivity index (χ3v) is 4.27. The van der Waals surface area contributed by atoms with Crippen molar-refractivity contribution in [2.24, 2.45) is 0 Å². The summed E-state index contributed by atoms with van der Waals surface area (Å²) in [5.74, 6) is 0.0711. The van der Waals surface area contributed by atoms with E-state index in [2.05, 4.69) is 16.2 Å². The monoisotopic (exact) mass is 312 g/mol. The minimum atomic E-state index is -0.519. The molecule has 6 heteroatoms. The maximum absolute atomic E-state index is 13.6. The molecule has 2 heterocycles. The number of fused-ring (bicyclic) bond motifs is 1. The van der Waals surface area contributed by atoms with Gasteiger partial charge in [-0.1, -0.05) is 23.7 Å². The number of rotatable bonds is 2. The molecule has 0 bridgehead atoms. The third-order valence-electron chi connectivity index (χ3n) is 4.08. The minimum absolute atomic E-state index is 0.248. The van der Waals surface area contributed by atoms with Crippen molar-refractivity contribution < 1.29 is 4.39 Å². The van der Waals surface area contributed by atoms with Gasteiger partial charge in [-0.15, -0.1) is 0 Å². The van der Waals surface area contributed by atoms with Crippen LogP contribution in [0.2, 0.25) is 5.15 Å². The average Bonchev–Trinajstić information content (AvgIpc) is 3.25. The van der Waals surface area contributed by atoms with Gasteiger partial charge in [-0.25, -0.2) is 4.98 Å². The fraction of sp³-hybridized carbons (Fsp3) is 0.188. The van der Waals surface area contributed by atoms with E-state index < -0.39 is 5.95 Å². The van der Waals surface area contributed by atoms with Crippen LogP contribution < -0.4 is 0 Å². The molecule has 2 aromatic heterocycles. The van der Waals surface area contributed by atoms with Gasteiger partial charge in [0.25, 0.3) is 0 Å². The van der Waals surface area contributed by atoms with Crippen molar-refractivity contribution >= 4 is 17.2 Å². The number of benzene rings is 1. The number of hydrogen-bond donors (Lipinski definition) is 0. The van der Waals surface area contributed by atoms with E-state index in [1.54, 1.807) is 6.07 Å². The number of imidazole rings is 1. The Hall–Kier alpha value is -2.45. The van der Waals surface area contributed by atoms with Crippen LogP contribution in [0.25, 0.3) is 5.65 Å². The van der Waals surface area contributed by atoms with Gasteiger partial charge in [-0.3, -0.25) is 0 Å². The fourth-order valence-electron chi connectivity index (χ4n) is 2.92. The first-order valence-corrected chi connectivity index (χ1v) is 7.25. The lowest BCUT2D eigenvalue weighted by Gasteiger charge is -2.04. The van der Waals surface area contributed by atoms with Crippen LogP contribution in [0.5, 0.6) is 0 Å². The van der Waals surface area contributed by atoms with Crippen LogP contribution in [0.1, 0.15) is 34.9 Å². The second-order valence-corrected chi connectivity index (χ2v) is 5.81. The fourth-order valence-corrected chi connectivity index (χ4v) is 3.11. The molecule has 0 spiro atoms. The van der Waals surface area contributed by atoms with E-state index in [9.17, 15) is 4.39 Å². The molecule has 1 unspecified atom stereocenters. The molecular weight excluding hydrogens is 303 g/mol. The van der Waals surface area contributed by atoms with Crippen LogP contribution in [-0.2, 0) is 0 Å². The van der Waals surface area contributed by atoms with Gasteiger partial charge in [-0.2, -0.15) is 19.3 Å². The summed E-state index contributed by atoms with van der Waals surface area (Å²) >= 11 is 6.00. The molecule has 1 saturated carbocycles. The molecule has 2 atom stereocenters. The SMILES string of the molecule is N#Cc1ccc([C@H]2CC2c2cc(Cl)nn3c(F)cnc23)cc1. The smallest absolute Gasteiger partial charge is 0.232 e. The highest BCUT2D eigenvalue weighted by atomic mass is 35.5. The predicted octanol–water partition coefficient (Wildman–Crippen LogP) is 3.66. The van der Waals surface area contributed by atoms with E-state index in [1.165, 1.54) is 5.56 Å². The van der Waals surface area contributed by atoms with Crippen LogP contribution in [0.3, 0.4) is 0 Å². The normalized spacial score (nSPS) is 20.0. The van der Waals surface area contributed by atoms with Gasteiger partial charge >= 0.3 is 0 Å². The van der Waals surface area contributed by atoms with E-state index in [0.29, 0.717) is 17.1 Å². The van der Waals surface area contributed by atoms with Gasteiger partial charge in [-0.05, 0) is 42.0 Å². The molecule has 0 radical (unpaired) electrons. The molecule has 3 aromatic rings. The average molecular weight is 313 g/mol. The molecule has 0 amide bonds. The van der Waals surface area contributed by atoms with Crippen molar-refractivity contribution in [2.45, 2.75) is 18.3 Å². The van der Waals surface area contributed by atoms with E-state index >= 15 is 0 Å². The van der Waals surface area contributed by atoms with E-state index in [0.717, 1.165) is 22.7 Å². The third kappa shape index (κ3) is 2.04. The standard InChI is InChI=1S/C16H10ClFN4/c17-14-6-13(16-20-8-15(18)22(16)21-14)12-5-11(12)10-3-1-9(7-19)2-4-10/h1-4,6,8,11-12H,5H2/t11-,12?/m1/s1. The van der Waals surface area contributed by atoms with Gasteiger partial charge in [0.15, 0.2) is 10.8 Å². The van der Waals surface area contributed by atoms with Crippen molar-refractivity contribution in [1.29, 1.82) is 5.26 Å². The molecule has 0 N–H and O–H groups in total. The Morgan fingerprint density at radius 1 is 1.27 bits per heavy atom. The summed E-state index contributed by atoms with van der Waals surface area (Å²) in [5, 5.41) is 13.0. The first-order valence-electron chi connectivity index (χ1n) is 6.87. The lowest BCUT2D eigenvalue weighted by atomic mass is 10.0. The van der Waals surface area contributed by atoms with Crippen molar-refractivity contribution in [1.82, 2.24) is 14.6 Å². The van der Waals surface area contributed by atoms with Crippen LogP contribution >= 0.6 is 11.6 Å². The van der Waals surface area contributed by atoms with Gasteiger partial charge < -0.3 is 0 Å². The maximum atomic E-state index is 13.6. The molecule has 0 aliphatic heterocycles. The predicted molar refractivity (Wildman–Crippen MR) is 79.2 cm³/mol. The lowest BCUT2D eigenvalue weighted by molar-refractivity contribution is 0.548. The molecule has 1 aliphatic rings. The number of halogens is 2. The highest BCUT2D eigenvalue weighted by Crippen LogP contribution is 2.55. The molecule has 4 nitrogen and oxygen atoms in total. The van der Waals surface area contributed by atoms with Crippen molar-refractivity contribution in [3.63, 3.8) is 0 Å². The van der Waals surface area contributed by atoms with Crippen LogP contribution in [0.4, 0.5) is 4.39 Å². The second-order valence-electron chi connectivity index (χ2n) is 5.42. The zero-order valence-corrected chi connectivity index (χ0v) is 12.1. The van der Waals surface area contributed by atoms with Gasteiger partial charge in [0.2, 0.25) is 5.95 Å². The van der Waals surface area contributed by atoms with Gasteiger partial charge in [0, 0.05) is 5.56 Å². The first kappa shape index (κ1) is 13.2. The summed E-state index contributed by atoms with van der Waals surface area (Å²) in [7, 11) is 0. The number of nitrogens with zero attached hydrogens (tertiary/aromatic N) is 4. The second kappa shape index (κ2) is 4.79. The summed E-state index contributed by atoms with van der Waals surface area (Å²) < 4.78 is 14.8. The van der Waals surface area contributed by atoms with E-state index in [1.807, 2.05) is 24.3 Å². The highest BCUT2D eigenvalue weighted by molar-refractivity contribution is 6.29. The summed E-state index contributed by atoms with van der Waals surface area (Å²) in [4.78, 5) is 4.10. The van der Waals surface area contributed by atoms with Crippen LogP contribution in [0.15, 0.2) is 36.5 Å². The van der Waals surface area contributed by atoms with Gasteiger partial charge in [0.05, 0.1) is 17.8 Å². The molecule has 1 aliphatic carbocycles. The zero-order valence-electron chi connectivity index (χ0n) is 11.4. The molecule has 1 fully saturated rings. The first-order chi connectivity index (χ1) is 10.7.